The number of nitrogens with zero attached hydrogens (tertiary/aromatic N) is 2. The maximum absolute atomic E-state index is 12.8. The van der Waals surface area contributed by atoms with E-state index >= 15 is 0 Å². The van der Waals surface area contributed by atoms with Crippen LogP contribution in [0.25, 0.3) is 0 Å². The summed E-state index contributed by atoms with van der Waals surface area (Å²) in [7, 11) is 0. The van der Waals surface area contributed by atoms with Gasteiger partial charge in [-0.1, -0.05) is 36.4 Å². The maximum Gasteiger partial charge on any atom is 0.274 e. The number of carbonyl (C=O) groups excluding carboxylic acids is 1. The molecular formula is C23H26N4O2. The zero-order valence-electron chi connectivity index (χ0n) is 17.2. The van der Waals surface area contributed by atoms with Gasteiger partial charge in [0.2, 0.25) is 5.95 Å². The van der Waals surface area contributed by atoms with E-state index in [9.17, 15) is 4.79 Å². The van der Waals surface area contributed by atoms with Crippen LogP contribution >= 0.6 is 0 Å². The Labute approximate surface area is 171 Å². The van der Waals surface area contributed by atoms with Gasteiger partial charge < -0.3 is 15.4 Å². The molecule has 0 saturated heterocycles. The average Bonchev–Trinajstić information content (AvgIpc) is 2.68. The van der Waals surface area contributed by atoms with Crippen molar-refractivity contribution in [1.82, 2.24) is 9.97 Å². The van der Waals surface area contributed by atoms with E-state index in [1.165, 1.54) is 5.56 Å². The topological polar surface area (TPSA) is 76.1 Å². The summed E-state index contributed by atoms with van der Waals surface area (Å²) in [4.78, 5) is 21.6. The van der Waals surface area contributed by atoms with Crippen LogP contribution in [0, 0.1) is 13.8 Å². The van der Waals surface area contributed by atoms with Gasteiger partial charge >= 0.3 is 0 Å². The Morgan fingerprint density at radius 2 is 1.76 bits per heavy atom. The molecule has 2 N–H and O–H groups in total. The molecular weight excluding hydrogens is 364 g/mol. The summed E-state index contributed by atoms with van der Waals surface area (Å²) >= 11 is 0. The highest BCUT2D eigenvalue weighted by molar-refractivity contribution is 6.03. The molecule has 150 valence electrons. The van der Waals surface area contributed by atoms with Crippen molar-refractivity contribution >= 4 is 17.5 Å². The zero-order valence-corrected chi connectivity index (χ0v) is 17.2. The molecule has 6 nitrogen and oxygen atoms in total. The third kappa shape index (κ3) is 5.54. The molecule has 1 amide bonds. The summed E-state index contributed by atoms with van der Waals surface area (Å²) in [5.74, 6) is 0.735. The van der Waals surface area contributed by atoms with E-state index in [4.69, 9.17) is 4.74 Å². The Kier molecular flexibility index (Phi) is 6.44. The van der Waals surface area contributed by atoms with E-state index in [2.05, 4.69) is 39.7 Å². The van der Waals surface area contributed by atoms with Gasteiger partial charge in [-0.3, -0.25) is 4.79 Å². The van der Waals surface area contributed by atoms with Gasteiger partial charge in [0.1, 0.15) is 11.4 Å². The number of nitrogens with one attached hydrogen (secondary N) is 2. The third-order valence-electron chi connectivity index (χ3n) is 4.28. The first-order valence-electron chi connectivity index (χ1n) is 9.63. The van der Waals surface area contributed by atoms with Crippen LogP contribution in [-0.2, 0) is 6.54 Å². The standard InChI is InChI=1S/C23H26N4O2/c1-15(2)29-21-12-8-7-11-19(21)26-22(28)20-13-17(4)25-23(27-20)24-14-18-10-6-5-9-16(18)3/h5-13,15H,14H2,1-4H3,(H,26,28)(H,24,25,27). The van der Waals surface area contributed by atoms with Gasteiger partial charge in [0, 0.05) is 12.2 Å². The first-order valence-corrected chi connectivity index (χ1v) is 9.63. The number of rotatable bonds is 7. The lowest BCUT2D eigenvalue weighted by Gasteiger charge is -2.15. The minimum absolute atomic E-state index is 0.00610. The van der Waals surface area contributed by atoms with Crippen molar-refractivity contribution in [2.24, 2.45) is 0 Å². The predicted molar refractivity (Wildman–Crippen MR) is 115 cm³/mol. The normalized spacial score (nSPS) is 10.7. The number of aryl methyl sites for hydroxylation is 2. The lowest BCUT2D eigenvalue weighted by Crippen LogP contribution is -2.17. The lowest BCUT2D eigenvalue weighted by atomic mass is 10.1. The fraction of sp³-hybridized carbons (Fsp3) is 0.261. The van der Waals surface area contributed by atoms with E-state index < -0.39 is 0 Å². The Bertz CT molecular complexity index is 1000. The number of amides is 1. The average molecular weight is 390 g/mol. The highest BCUT2D eigenvalue weighted by Crippen LogP contribution is 2.25. The molecule has 0 aliphatic rings. The Morgan fingerprint density at radius 1 is 1.03 bits per heavy atom. The lowest BCUT2D eigenvalue weighted by molar-refractivity contribution is 0.102. The van der Waals surface area contributed by atoms with E-state index in [1.54, 1.807) is 12.1 Å². The second-order valence-electron chi connectivity index (χ2n) is 7.12. The van der Waals surface area contributed by atoms with Crippen molar-refractivity contribution in [2.45, 2.75) is 40.3 Å². The van der Waals surface area contributed by atoms with Gasteiger partial charge in [0.15, 0.2) is 0 Å². The molecule has 0 atom stereocenters. The van der Waals surface area contributed by atoms with Crippen molar-refractivity contribution in [3.63, 3.8) is 0 Å². The SMILES string of the molecule is Cc1cc(C(=O)Nc2ccccc2OC(C)C)nc(NCc2ccccc2C)n1. The van der Waals surface area contributed by atoms with Crippen LogP contribution in [0.3, 0.4) is 0 Å². The van der Waals surface area contributed by atoms with Crippen molar-refractivity contribution < 1.29 is 9.53 Å². The van der Waals surface area contributed by atoms with Crippen molar-refractivity contribution in [1.29, 1.82) is 0 Å². The first kappa shape index (κ1) is 20.3. The minimum atomic E-state index is -0.311. The Balaban J connectivity index is 1.76. The Hall–Kier alpha value is -3.41. The number of hydrogen-bond acceptors (Lipinski definition) is 5. The number of benzene rings is 2. The van der Waals surface area contributed by atoms with Crippen molar-refractivity contribution in [2.75, 3.05) is 10.6 Å². The first-order chi connectivity index (χ1) is 13.9. The molecule has 29 heavy (non-hydrogen) atoms. The smallest absolute Gasteiger partial charge is 0.274 e. The zero-order chi connectivity index (χ0) is 20.8. The molecule has 1 heterocycles. The van der Waals surface area contributed by atoms with Gasteiger partial charge in [-0.2, -0.15) is 0 Å². The van der Waals surface area contributed by atoms with Crippen LogP contribution in [0.2, 0.25) is 0 Å². The Morgan fingerprint density at radius 3 is 2.52 bits per heavy atom. The summed E-state index contributed by atoms with van der Waals surface area (Å²) in [6.45, 7) is 8.37. The van der Waals surface area contributed by atoms with Crippen molar-refractivity contribution in [3.8, 4) is 5.75 Å². The summed E-state index contributed by atoms with van der Waals surface area (Å²) in [5.41, 5.74) is 3.96. The summed E-state index contributed by atoms with van der Waals surface area (Å²) in [5, 5.41) is 6.10. The van der Waals surface area contributed by atoms with Crippen LogP contribution in [0.15, 0.2) is 54.6 Å². The molecule has 0 saturated carbocycles. The molecule has 0 fully saturated rings. The molecule has 6 heteroatoms. The maximum atomic E-state index is 12.8. The number of para-hydroxylation sites is 2. The molecule has 0 aliphatic heterocycles. The number of anilines is 2. The highest BCUT2D eigenvalue weighted by Gasteiger charge is 2.14. The van der Waals surface area contributed by atoms with Crippen LogP contribution < -0.4 is 15.4 Å². The predicted octanol–water partition coefficient (Wildman–Crippen LogP) is 4.75. The number of carbonyl (C=O) groups is 1. The van der Waals surface area contributed by atoms with Gasteiger partial charge in [-0.25, -0.2) is 9.97 Å². The second kappa shape index (κ2) is 9.19. The van der Waals surface area contributed by atoms with E-state index in [1.807, 2.05) is 51.1 Å². The molecule has 3 aromatic rings. The van der Waals surface area contributed by atoms with Crippen LogP contribution in [-0.4, -0.2) is 22.0 Å². The number of ether oxygens (including phenoxy) is 1. The van der Waals surface area contributed by atoms with Crippen LogP contribution in [0.5, 0.6) is 5.75 Å². The second-order valence-corrected chi connectivity index (χ2v) is 7.12. The molecule has 0 unspecified atom stereocenters. The van der Waals surface area contributed by atoms with Gasteiger partial charge in [0.25, 0.3) is 5.91 Å². The monoisotopic (exact) mass is 390 g/mol. The highest BCUT2D eigenvalue weighted by atomic mass is 16.5. The van der Waals surface area contributed by atoms with Crippen LogP contribution in [0.4, 0.5) is 11.6 Å². The molecule has 0 bridgehead atoms. The molecule has 2 aromatic carbocycles. The van der Waals surface area contributed by atoms with Gasteiger partial charge in [0.05, 0.1) is 11.8 Å². The molecule has 0 aliphatic carbocycles. The third-order valence-corrected chi connectivity index (χ3v) is 4.28. The quantitative estimate of drug-likeness (QED) is 0.609. The largest absolute Gasteiger partial charge is 0.489 e. The van der Waals surface area contributed by atoms with Gasteiger partial charge in [-0.15, -0.1) is 0 Å². The molecule has 3 rings (SSSR count). The summed E-state index contributed by atoms with van der Waals surface area (Å²) < 4.78 is 5.77. The summed E-state index contributed by atoms with van der Waals surface area (Å²) in [6.07, 6.45) is 0.00610. The van der Waals surface area contributed by atoms with Gasteiger partial charge in [-0.05, 0) is 57.0 Å². The minimum Gasteiger partial charge on any atom is -0.489 e. The number of hydrogen-bond donors (Lipinski definition) is 2. The van der Waals surface area contributed by atoms with E-state index in [0.29, 0.717) is 35.3 Å². The molecule has 0 spiro atoms. The molecule has 0 radical (unpaired) electrons. The number of aromatic nitrogens is 2. The fourth-order valence-electron chi connectivity index (χ4n) is 2.86. The van der Waals surface area contributed by atoms with E-state index in [0.717, 1.165) is 5.56 Å². The summed E-state index contributed by atoms with van der Waals surface area (Å²) in [6, 6.07) is 17.1. The van der Waals surface area contributed by atoms with Crippen LogP contribution in [0.1, 0.15) is 41.2 Å². The molecule has 1 aromatic heterocycles. The fourth-order valence-corrected chi connectivity index (χ4v) is 2.86. The van der Waals surface area contributed by atoms with Crippen molar-refractivity contribution in [3.05, 3.63) is 77.1 Å². The van der Waals surface area contributed by atoms with E-state index in [-0.39, 0.29) is 12.0 Å².